The molecule has 7 nitrogen and oxygen atoms in total. The lowest BCUT2D eigenvalue weighted by atomic mass is 9.88. The van der Waals surface area contributed by atoms with Crippen LogP contribution in [0.1, 0.15) is 35.7 Å². The summed E-state index contributed by atoms with van der Waals surface area (Å²) in [7, 11) is 0. The molecule has 186 valence electrons. The quantitative estimate of drug-likeness (QED) is 0.326. The van der Waals surface area contributed by atoms with Gasteiger partial charge in [0.25, 0.3) is 5.56 Å². The monoisotopic (exact) mass is 491 g/mol. The molecule has 0 saturated carbocycles. The Hall–Kier alpha value is -4.52. The van der Waals surface area contributed by atoms with Crippen LogP contribution in [-0.2, 0) is 11.3 Å². The largest absolute Gasteiger partial charge is 0.356 e. The lowest BCUT2D eigenvalue weighted by Crippen LogP contribution is -2.30. The minimum atomic E-state index is -0.189. The minimum Gasteiger partial charge on any atom is -0.356 e. The van der Waals surface area contributed by atoms with E-state index in [1.54, 1.807) is 22.4 Å². The normalized spacial score (nSPS) is 11.2. The molecule has 1 N–H and O–H groups in total. The molecule has 7 heteroatoms. The molecule has 0 radical (unpaired) electrons. The second kappa shape index (κ2) is 11.0. The minimum absolute atomic E-state index is 0.0914. The standard InChI is InChI=1S/C30H29N5O2/c1-22-33-29-27(21-32-35(29)25-15-9-4-10-16-25)30(37)34(22)20-18-28(36)31-19-17-26(23-11-5-2-6-12-23)24-13-7-3-8-14-24/h2-16,21,26H,17-20H2,1H3,(H,31,36). The molecule has 0 unspecified atom stereocenters. The molecule has 2 heterocycles. The topological polar surface area (TPSA) is 81.8 Å². The third kappa shape index (κ3) is 5.35. The summed E-state index contributed by atoms with van der Waals surface area (Å²) in [5.41, 5.74) is 3.61. The maximum atomic E-state index is 13.2. The number of carbonyl (C=O) groups excluding carboxylic acids is 1. The average Bonchev–Trinajstić information content (AvgIpc) is 3.36. The van der Waals surface area contributed by atoms with Gasteiger partial charge in [-0.25, -0.2) is 9.67 Å². The lowest BCUT2D eigenvalue weighted by Gasteiger charge is -2.18. The second-order valence-electron chi connectivity index (χ2n) is 9.01. The molecule has 1 amide bonds. The fourth-order valence-electron chi connectivity index (χ4n) is 4.68. The van der Waals surface area contributed by atoms with Crippen molar-refractivity contribution in [1.82, 2.24) is 24.6 Å². The van der Waals surface area contributed by atoms with Crippen LogP contribution in [0, 0.1) is 6.92 Å². The highest BCUT2D eigenvalue weighted by Gasteiger charge is 2.16. The first kappa shape index (κ1) is 24.2. The van der Waals surface area contributed by atoms with E-state index in [4.69, 9.17) is 0 Å². The smallest absolute Gasteiger partial charge is 0.264 e. The van der Waals surface area contributed by atoms with Crippen molar-refractivity contribution >= 4 is 16.9 Å². The van der Waals surface area contributed by atoms with Gasteiger partial charge in [-0.1, -0.05) is 78.9 Å². The van der Waals surface area contributed by atoms with Crippen molar-refractivity contribution in [3.05, 3.63) is 124 Å². The fraction of sp³-hybridized carbons (Fsp3) is 0.200. The maximum absolute atomic E-state index is 13.2. The van der Waals surface area contributed by atoms with E-state index in [-0.39, 0.29) is 30.3 Å². The predicted molar refractivity (Wildman–Crippen MR) is 145 cm³/mol. The Balaban J connectivity index is 1.24. The van der Waals surface area contributed by atoms with Crippen LogP contribution >= 0.6 is 0 Å². The van der Waals surface area contributed by atoms with Crippen LogP contribution in [0.15, 0.2) is 102 Å². The summed E-state index contributed by atoms with van der Waals surface area (Å²) in [6, 6.07) is 30.3. The number of benzene rings is 3. The molecule has 37 heavy (non-hydrogen) atoms. The number of nitrogens with zero attached hydrogens (tertiary/aromatic N) is 4. The Morgan fingerprint density at radius 3 is 2.11 bits per heavy atom. The highest BCUT2D eigenvalue weighted by molar-refractivity contribution is 5.76. The van der Waals surface area contributed by atoms with E-state index in [2.05, 4.69) is 39.7 Å². The zero-order valence-corrected chi connectivity index (χ0v) is 20.7. The predicted octanol–water partition coefficient (Wildman–Crippen LogP) is 4.62. The highest BCUT2D eigenvalue weighted by Crippen LogP contribution is 2.27. The van der Waals surface area contributed by atoms with Gasteiger partial charge in [0.1, 0.15) is 11.2 Å². The van der Waals surface area contributed by atoms with Crippen molar-refractivity contribution in [3.63, 3.8) is 0 Å². The maximum Gasteiger partial charge on any atom is 0.264 e. The first-order valence-corrected chi connectivity index (χ1v) is 12.5. The second-order valence-corrected chi connectivity index (χ2v) is 9.01. The van der Waals surface area contributed by atoms with Crippen molar-refractivity contribution in [2.75, 3.05) is 6.54 Å². The van der Waals surface area contributed by atoms with Crippen molar-refractivity contribution in [1.29, 1.82) is 0 Å². The van der Waals surface area contributed by atoms with Crippen molar-refractivity contribution in [3.8, 4) is 5.69 Å². The number of fused-ring (bicyclic) bond motifs is 1. The van der Waals surface area contributed by atoms with Crippen molar-refractivity contribution < 1.29 is 4.79 Å². The molecule has 3 aromatic carbocycles. The number of hydrogen-bond acceptors (Lipinski definition) is 4. The SMILES string of the molecule is Cc1nc2c(cnn2-c2ccccc2)c(=O)n1CCC(=O)NCCC(c1ccccc1)c1ccccc1. The first-order valence-electron chi connectivity index (χ1n) is 12.5. The van der Waals surface area contributed by atoms with Gasteiger partial charge in [-0.05, 0) is 36.6 Å². The van der Waals surface area contributed by atoms with Crippen LogP contribution in [0.25, 0.3) is 16.7 Å². The molecule has 0 aliphatic heterocycles. The molecule has 5 rings (SSSR count). The molecule has 0 saturated heterocycles. The van der Waals surface area contributed by atoms with Crippen LogP contribution in [0.5, 0.6) is 0 Å². The Kier molecular flexibility index (Phi) is 7.21. The number of rotatable bonds is 9. The Morgan fingerprint density at radius 2 is 1.49 bits per heavy atom. The molecule has 0 spiro atoms. The molecular formula is C30H29N5O2. The Labute approximate surface area is 215 Å². The van der Waals surface area contributed by atoms with E-state index in [1.165, 1.54) is 11.1 Å². The number of amides is 1. The van der Waals surface area contributed by atoms with E-state index >= 15 is 0 Å². The summed E-state index contributed by atoms with van der Waals surface area (Å²) in [5.74, 6) is 0.655. The van der Waals surface area contributed by atoms with Gasteiger partial charge in [0.15, 0.2) is 5.65 Å². The number of hydrogen-bond donors (Lipinski definition) is 1. The van der Waals surface area contributed by atoms with Gasteiger partial charge in [-0.3, -0.25) is 14.2 Å². The zero-order valence-electron chi connectivity index (χ0n) is 20.7. The zero-order chi connectivity index (χ0) is 25.6. The van der Waals surface area contributed by atoms with Gasteiger partial charge < -0.3 is 5.32 Å². The first-order chi connectivity index (χ1) is 18.1. The Morgan fingerprint density at radius 1 is 0.892 bits per heavy atom. The van der Waals surface area contributed by atoms with Gasteiger partial charge in [-0.2, -0.15) is 5.10 Å². The summed E-state index contributed by atoms with van der Waals surface area (Å²) in [4.78, 5) is 30.5. The van der Waals surface area contributed by atoms with Gasteiger partial charge in [0.05, 0.1) is 11.9 Å². The molecule has 0 bridgehead atoms. The van der Waals surface area contributed by atoms with Crippen LogP contribution in [0.2, 0.25) is 0 Å². The van der Waals surface area contributed by atoms with Crippen LogP contribution in [0.4, 0.5) is 0 Å². The van der Waals surface area contributed by atoms with E-state index in [0.29, 0.717) is 23.4 Å². The summed E-state index contributed by atoms with van der Waals surface area (Å²) >= 11 is 0. The number of para-hydroxylation sites is 1. The molecular weight excluding hydrogens is 462 g/mol. The molecule has 0 aliphatic rings. The number of nitrogens with one attached hydrogen (secondary N) is 1. The van der Waals surface area contributed by atoms with E-state index in [9.17, 15) is 9.59 Å². The van der Waals surface area contributed by atoms with Gasteiger partial charge in [0.2, 0.25) is 5.91 Å². The van der Waals surface area contributed by atoms with E-state index in [1.807, 2.05) is 66.7 Å². The molecule has 5 aromatic rings. The fourth-order valence-corrected chi connectivity index (χ4v) is 4.68. The van der Waals surface area contributed by atoms with Crippen molar-refractivity contribution in [2.45, 2.75) is 32.2 Å². The van der Waals surface area contributed by atoms with E-state index in [0.717, 1.165) is 12.1 Å². The van der Waals surface area contributed by atoms with Crippen LogP contribution in [0.3, 0.4) is 0 Å². The van der Waals surface area contributed by atoms with Crippen LogP contribution in [-0.4, -0.2) is 31.8 Å². The number of carbonyl (C=O) groups is 1. The van der Waals surface area contributed by atoms with E-state index < -0.39 is 0 Å². The summed E-state index contributed by atoms with van der Waals surface area (Å²) in [5, 5.41) is 7.84. The Bertz CT molecular complexity index is 1500. The average molecular weight is 492 g/mol. The summed E-state index contributed by atoms with van der Waals surface area (Å²) in [6.07, 6.45) is 2.52. The third-order valence-corrected chi connectivity index (χ3v) is 6.60. The van der Waals surface area contributed by atoms with Gasteiger partial charge in [0, 0.05) is 25.4 Å². The summed E-state index contributed by atoms with van der Waals surface area (Å²) in [6.45, 7) is 2.59. The molecule has 2 aromatic heterocycles. The highest BCUT2D eigenvalue weighted by atomic mass is 16.1. The molecule has 0 aliphatic carbocycles. The molecule has 0 atom stereocenters. The van der Waals surface area contributed by atoms with Gasteiger partial charge >= 0.3 is 0 Å². The lowest BCUT2D eigenvalue weighted by molar-refractivity contribution is -0.121. The van der Waals surface area contributed by atoms with Crippen molar-refractivity contribution in [2.24, 2.45) is 0 Å². The summed E-state index contributed by atoms with van der Waals surface area (Å²) < 4.78 is 3.21. The van der Waals surface area contributed by atoms with Crippen LogP contribution < -0.4 is 10.9 Å². The number of aromatic nitrogens is 4. The molecule has 0 fully saturated rings. The number of aryl methyl sites for hydroxylation is 1. The third-order valence-electron chi connectivity index (χ3n) is 6.60. The van der Waals surface area contributed by atoms with Gasteiger partial charge in [-0.15, -0.1) is 0 Å².